The summed E-state index contributed by atoms with van der Waals surface area (Å²) in [6.07, 6.45) is 33.6. The average molecular weight is 730 g/mol. The Morgan fingerprint density at radius 2 is 1.12 bits per heavy atom. The number of phosphoric acid groups is 1. The molecule has 0 aromatic heterocycles. The molecule has 50 heavy (non-hydrogen) atoms. The van der Waals surface area contributed by atoms with Crippen LogP contribution in [0.25, 0.3) is 0 Å². The molecule has 0 heterocycles. The molecule has 0 aliphatic carbocycles. The van der Waals surface area contributed by atoms with E-state index in [-0.39, 0.29) is 19.4 Å². The van der Waals surface area contributed by atoms with E-state index < -0.39 is 51.1 Å². The first-order valence-electron chi connectivity index (χ1n) is 19.0. The second-order valence-corrected chi connectivity index (χ2v) is 14.1. The Morgan fingerprint density at radius 3 is 1.68 bits per heavy atom. The summed E-state index contributed by atoms with van der Waals surface area (Å²) in [4.78, 5) is 45.7. The Labute approximate surface area is 302 Å². The summed E-state index contributed by atoms with van der Waals surface area (Å²) in [6, 6.07) is -1.52. The number of allylic oxidation sites excluding steroid dienone is 6. The van der Waals surface area contributed by atoms with Crippen molar-refractivity contribution in [2.75, 3.05) is 19.8 Å². The lowest BCUT2D eigenvalue weighted by molar-refractivity contribution is -0.161. The zero-order valence-electron chi connectivity index (χ0n) is 31.0. The number of carbonyl (C=O) groups excluding carboxylic acids is 2. The standard InChI is InChI=1S/C38H68NO10P/c1-3-5-7-9-11-13-15-16-17-18-20-22-24-26-28-30-37(41)49-34(32-47-50(44,45)48-33-35(39)38(42)43)31-46-36(40)29-27-25-23-21-19-14-12-10-8-6-4-2/h5,7,11,13,16-17,34-35H,3-4,6,8-10,12,14-15,18-33,39H2,1-2H3,(H,42,43)(H,44,45)/b7-5+,13-11+,17-16+/t34-,35+/m1/s1. The number of hydrogen-bond donors (Lipinski definition) is 3. The van der Waals surface area contributed by atoms with Crippen molar-refractivity contribution in [2.45, 2.75) is 167 Å². The van der Waals surface area contributed by atoms with E-state index >= 15 is 0 Å². The van der Waals surface area contributed by atoms with Crippen molar-refractivity contribution in [1.29, 1.82) is 0 Å². The van der Waals surface area contributed by atoms with Crippen LogP contribution in [0.15, 0.2) is 36.5 Å². The van der Waals surface area contributed by atoms with Gasteiger partial charge in [-0.2, -0.15) is 0 Å². The molecule has 0 amide bonds. The monoisotopic (exact) mass is 729 g/mol. The number of esters is 2. The van der Waals surface area contributed by atoms with Crippen molar-refractivity contribution in [2.24, 2.45) is 5.73 Å². The molecule has 1 unspecified atom stereocenters. The van der Waals surface area contributed by atoms with E-state index in [9.17, 15) is 23.8 Å². The molecule has 12 heteroatoms. The van der Waals surface area contributed by atoms with Gasteiger partial charge >= 0.3 is 25.7 Å². The second-order valence-electron chi connectivity index (χ2n) is 12.7. The van der Waals surface area contributed by atoms with Gasteiger partial charge in [-0.05, 0) is 44.9 Å². The van der Waals surface area contributed by atoms with E-state index in [0.717, 1.165) is 70.6 Å². The zero-order valence-corrected chi connectivity index (χ0v) is 31.9. The largest absolute Gasteiger partial charge is 0.480 e. The zero-order chi connectivity index (χ0) is 37.1. The summed E-state index contributed by atoms with van der Waals surface area (Å²) >= 11 is 0. The number of rotatable bonds is 35. The van der Waals surface area contributed by atoms with Crippen molar-refractivity contribution in [1.82, 2.24) is 0 Å². The van der Waals surface area contributed by atoms with Gasteiger partial charge in [-0.3, -0.25) is 23.4 Å². The molecular weight excluding hydrogens is 661 g/mol. The van der Waals surface area contributed by atoms with Gasteiger partial charge in [0.15, 0.2) is 6.10 Å². The molecule has 3 atom stereocenters. The van der Waals surface area contributed by atoms with Gasteiger partial charge in [0.2, 0.25) is 0 Å². The number of hydrogen-bond acceptors (Lipinski definition) is 9. The van der Waals surface area contributed by atoms with Crippen LogP contribution in [-0.4, -0.2) is 59.9 Å². The lowest BCUT2D eigenvalue weighted by atomic mass is 10.1. The van der Waals surface area contributed by atoms with Gasteiger partial charge in [0.05, 0.1) is 13.2 Å². The van der Waals surface area contributed by atoms with Gasteiger partial charge in [-0.15, -0.1) is 0 Å². The molecule has 0 radical (unpaired) electrons. The number of carboxylic acids is 1. The maximum absolute atomic E-state index is 12.5. The molecule has 0 saturated carbocycles. The van der Waals surface area contributed by atoms with Crippen molar-refractivity contribution < 1.29 is 47.5 Å². The number of carboxylic acid groups (broad SMARTS) is 1. The predicted molar refractivity (Wildman–Crippen MR) is 199 cm³/mol. The normalized spacial score (nSPS) is 14.3. The highest BCUT2D eigenvalue weighted by atomic mass is 31.2. The Hall–Kier alpha value is -2.30. The molecule has 0 rings (SSSR count). The number of phosphoric ester groups is 1. The maximum atomic E-state index is 12.5. The van der Waals surface area contributed by atoms with Crippen LogP contribution in [-0.2, 0) is 37.5 Å². The van der Waals surface area contributed by atoms with Gasteiger partial charge in [-0.1, -0.05) is 134 Å². The van der Waals surface area contributed by atoms with Gasteiger partial charge in [0, 0.05) is 12.8 Å². The molecule has 0 spiro atoms. The van der Waals surface area contributed by atoms with Crippen LogP contribution in [0, 0.1) is 0 Å². The van der Waals surface area contributed by atoms with E-state index in [1.165, 1.54) is 44.9 Å². The highest BCUT2D eigenvalue weighted by Crippen LogP contribution is 2.43. The quantitative estimate of drug-likeness (QED) is 0.0246. The molecule has 0 aromatic rings. The summed E-state index contributed by atoms with van der Waals surface area (Å²) in [5.41, 5.74) is 5.31. The summed E-state index contributed by atoms with van der Waals surface area (Å²) in [7, 11) is -4.71. The number of aliphatic carboxylic acids is 1. The van der Waals surface area contributed by atoms with E-state index in [4.69, 9.17) is 24.8 Å². The van der Waals surface area contributed by atoms with Gasteiger partial charge in [0.25, 0.3) is 0 Å². The molecular formula is C38H68NO10P. The van der Waals surface area contributed by atoms with E-state index in [2.05, 4.69) is 54.8 Å². The van der Waals surface area contributed by atoms with Crippen molar-refractivity contribution in [3.8, 4) is 0 Å². The minimum Gasteiger partial charge on any atom is -0.480 e. The molecule has 11 nitrogen and oxygen atoms in total. The summed E-state index contributed by atoms with van der Waals surface area (Å²) < 4.78 is 32.5. The maximum Gasteiger partial charge on any atom is 0.472 e. The number of carbonyl (C=O) groups is 3. The molecule has 4 N–H and O–H groups in total. The van der Waals surface area contributed by atoms with Crippen LogP contribution in [0.5, 0.6) is 0 Å². The molecule has 0 aliphatic heterocycles. The highest BCUT2D eigenvalue weighted by Gasteiger charge is 2.28. The minimum absolute atomic E-state index is 0.142. The van der Waals surface area contributed by atoms with Gasteiger partial charge in [-0.25, -0.2) is 4.57 Å². The summed E-state index contributed by atoms with van der Waals surface area (Å²) in [5, 5.41) is 8.85. The molecule has 0 aliphatic rings. The molecule has 0 aromatic carbocycles. The fourth-order valence-electron chi connectivity index (χ4n) is 4.90. The predicted octanol–water partition coefficient (Wildman–Crippen LogP) is 9.28. The highest BCUT2D eigenvalue weighted by molar-refractivity contribution is 7.47. The third-order valence-electron chi connectivity index (χ3n) is 7.90. The van der Waals surface area contributed by atoms with E-state index in [1.54, 1.807) is 0 Å². The molecule has 0 bridgehead atoms. The topological polar surface area (TPSA) is 172 Å². The molecule has 0 saturated heterocycles. The minimum atomic E-state index is -4.71. The Bertz CT molecular complexity index is 1000. The average Bonchev–Trinajstić information content (AvgIpc) is 3.09. The third-order valence-corrected chi connectivity index (χ3v) is 8.85. The van der Waals surface area contributed by atoms with Gasteiger partial charge in [0.1, 0.15) is 12.6 Å². The van der Waals surface area contributed by atoms with Gasteiger partial charge < -0.3 is 25.2 Å². The van der Waals surface area contributed by atoms with Crippen LogP contribution in [0.3, 0.4) is 0 Å². The number of ether oxygens (including phenoxy) is 2. The van der Waals surface area contributed by atoms with E-state index in [1.807, 2.05) is 0 Å². The lowest BCUT2D eigenvalue weighted by Gasteiger charge is -2.20. The van der Waals surface area contributed by atoms with Crippen molar-refractivity contribution in [3.05, 3.63) is 36.5 Å². The second kappa shape index (κ2) is 33.8. The fraction of sp³-hybridized carbons (Fsp3) is 0.763. The SMILES string of the molecule is CC/C=C/C/C=C/C/C=C/CCCCCCCC(=O)O[C@H](COC(=O)CCCCCCCCCCCCC)COP(=O)(O)OC[C@H](N)C(=O)O. The van der Waals surface area contributed by atoms with Crippen molar-refractivity contribution in [3.63, 3.8) is 0 Å². The summed E-state index contributed by atoms with van der Waals surface area (Å²) in [6.45, 7) is 2.64. The van der Waals surface area contributed by atoms with E-state index in [0.29, 0.717) is 12.8 Å². The third kappa shape index (κ3) is 32.9. The first-order chi connectivity index (χ1) is 24.1. The first kappa shape index (κ1) is 47.7. The first-order valence-corrected chi connectivity index (χ1v) is 20.5. The Kier molecular flexibility index (Phi) is 32.3. The van der Waals surface area contributed by atoms with Crippen molar-refractivity contribution >= 4 is 25.7 Å². The smallest absolute Gasteiger partial charge is 0.472 e. The van der Waals surface area contributed by atoms with Crippen LogP contribution < -0.4 is 5.73 Å². The van der Waals surface area contributed by atoms with Crippen LogP contribution in [0.2, 0.25) is 0 Å². The van der Waals surface area contributed by atoms with Crippen LogP contribution in [0.4, 0.5) is 0 Å². The lowest BCUT2D eigenvalue weighted by Crippen LogP contribution is -2.34. The summed E-state index contributed by atoms with van der Waals surface area (Å²) in [5.74, 6) is -2.40. The van der Waals surface area contributed by atoms with Crippen LogP contribution in [0.1, 0.15) is 155 Å². The molecule has 0 fully saturated rings. The number of nitrogens with two attached hydrogens (primary N) is 1. The molecule has 290 valence electrons. The fourth-order valence-corrected chi connectivity index (χ4v) is 5.68. The Balaban J connectivity index is 4.47. The van der Waals surface area contributed by atoms with Crippen LogP contribution >= 0.6 is 7.82 Å². The number of unbranched alkanes of at least 4 members (excludes halogenated alkanes) is 15. The Morgan fingerprint density at radius 1 is 0.640 bits per heavy atom.